The molecule has 1 aliphatic heterocycles. The summed E-state index contributed by atoms with van der Waals surface area (Å²) in [4.78, 5) is 23.7. The van der Waals surface area contributed by atoms with Crippen LogP contribution in [0.2, 0.25) is 0 Å². The van der Waals surface area contributed by atoms with Gasteiger partial charge in [-0.3, -0.25) is 0 Å². The lowest BCUT2D eigenvalue weighted by atomic mass is 9.61. The zero-order chi connectivity index (χ0) is 12.0. The Morgan fingerprint density at radius 2 is 1.94 bits per heavy atom. The molecule has 1 amide bonds. The molecule has 0 aromatic rings. The molecule has 1 aliphatic carbocycles. The summed E-state index contributed by atoms with van der Waals surface area (Å²) in [6.45, 7) is 7.01. The van der Waals surface area contributed by atoms with Crippen LogP contribution in [-0.2, 0) is 9.53 Å². The average Bonchev–Trinajstić information content (AvgIpc) is 1.95. The summed E-state index contributed by atoms with van der Waals surface area (Å²) in [5.41, 5.74) is 0.584. The third-order valence-electron chi connectivity index (χ3n) is 3.03. The Morgan fingerprint density at radius 1 is 1.38 bits per heavy atom. The molecule has 2 rings (SSSR count). The molecule has 1 heterocycles. The Bertz CT molecular complexity index is 358. The van der Waals surface area contributed by atoms with Gasteiger partial charge in [0.15, 0.2) is 0 Å². The van der Waals surface area contributed by atoms with Gasteiger partial charge in [0.05, 0.1) is 0 Å². The van der Waals surface area contributed by atoms with E-state index in [-0.39, 0.29) is 11.5 Å². The molecular weight excluding hydrogens is 206 g/mol. The van der Waals surface area contributed by atoms with Crippen LogP contribution in [0.15, 0.2) is 5.57 Å². The molecule has 1 saturated heterocycles. The Morgan fingerprint density at radius 3 is 2.38 bits per heavy atom. The van der Waals surface area contributed by atoms with Crippen LogP contribution in [0.4, 0.5) is 4.79 Å². The molecule has 0 atom stereocenters. The van der Waals surface area contributed by atoms with Crippen LogP contribution in [0.25, 0.3) is 0 Å². The Labute approximate surface area is 95.2 Å². The highest BCUT2D eigenvalue weighted by Crippen LogP contribution is 2.50. The number of carbonyl (C=O) groups excluding carboxylic acids is 2. The minimum atomic E-state index is -0.437. The highest BCUT2D eigenvalue weighted by atomic mass is 16.6. The second-order valence-electron chi connectivity index (χ2n) is 5.90. The lowest BCUT2D eigenvalue weighted by Crippen LogP contribution is -2.62. The van der Waals surface area contributed by atoms with Crippen LogP contribution in [0.1, 0.15) is 33.6 Å². The first-order chi connectivity index (χ1) is 7.34. The summed E-state index contributed by atoms with van der Waals surface area (Å²) < 4.78 is 5.26. The van der Waals surface area contributed by atoms with E-state index in [0.29, 0.717) is 13.1 Å². The lowest BCUT2D eigenvalue weighted by Gasteiger charge is -2.55. The van der Waals surface area contributed by atoms with E-state index in [1.54, 1.807) is 4.90 Å². The second kappa shape index (κ2) is 3.36. The predicted molar refractivity (Wildman–Crippen MR) is 58.7 cm³/mol. The first-order valence-electron chi connectivity index (χ1n) is 5.54. The number of rotatable bonds is 0. The summed E-state index contributed by atoms with van der Waals surface area (Å²) in [5.74, 6) is 1.94. The van der Waals surface area contributed by atoms with Crippen molar-refractivity contribution in [2.75, 3.05) is 13.1 Å². The molecule has 0 bridgehead atoms. The highest BCUT2D eigenvalue weighted by Gasteiger charge is 2.52. The van der Waals surface area contributed by atoms with Gasteiger partial charge in [-0.05, 0) is 33.6 Å². The molecule has 1 saturated carbocycles. The first-order valence-corrected chi connectivity index (χ1v) is 5.54. The van der Waals surface area contributed by atoms with Gasteiger partial charge in [0, 0.05) is 24.1 Å². The second-order valence-corrected chi connectivity index (χ2v) is 5.90. The number of nitrogens with zero attached hydrogens (tertiary/aromatic N) is 1. The molecule has 4 nitrogen and oxygen atoms in total. The fraction of sp³-hybridized carbons (Fsp3) is 0.750. The summed E-state index contributed by atoms with van der Waals surface area (Å²) in [7, 11) is 0. The zero-order valence-electron chi connectivity index (χ0n) is 10.0. The van der Waals surface area contributed by atoms with Gasteiger partial charge in [0.25, 0.3) is 0 Å². The van der Waals surface area contributed by atoms with Gasteiger partial charge >= 0.3 is 6.09 Å². The molecule has 16 heavy (non-hydrogen) atoms. The van der Waals surface area contributed by atoms with E-state index in [2.05, 4.69) is 0 Å². The van der Waals surface area contributed by atoms with Crippen LogP contribution in [0.3, 0.4) is 0 Å². The van der Waals surface area contributed by atoms with Gasteiger partial charge in [0.2, 0.25) is 0 Å². The average molecular weight is 223 g/mol. The monoisotopic (exact) mass is 223 g/mol. The summed E-state index contributed by atoms with van der Waals surface area (Å²) in [5, 5.41) is 0. The Balaban J connectivity index is 1.81. The van der Waals surface area contributed by atoms with Crippen molar-refractivity contribution in [1.82, 2.24) is 4.90 Å². The van der Waals surface area contributed by atoms with Crippen molar-refractivity contribution in [3.8, 4) is 0 Å². The van der Waals surface area contributed by atoms with Crippen molar-refractivity contribution in [1.29, 1.82) is 0 Å². The molecule has 4 heteroatoms. The van der Waals surface area contributed by atoms with Gasteiger partial charge in [0.1, 0.15) is 11.5 Å². The lowest BCUT2D eigenvalue weighted by molar-refractivity contribution is -0.0497. The molecule has 0 N–H and O–H groups in total. The summed E-state index contributed by atoms with van der Waals surface area (Å²) in [6, 6.07) is 0. The first kappa shape index (κ1) is 11.2. The van der Waals surface area contributed by atoms with Gasteiger partial charge in [-0.2, -0.15) is 0 Å². The van der Waals surface area contributed by atoms with Crippen molar-refractivity contribution in [3.05, 3.63) is 5.57 Å². The van der Waals surface area contributed by atoms with E-state index >= 15 is 0 Å². The fourth-order valence-electron chi connectivity index (χ4n) is 2.37. The van der Waals surface area contributed by atoms with E-state index in [9.17, 15) is 9.59 Å². The van der Waals surface area contributed by atoms with Gasteiger partial charge < -0.3 is 9.64 Å². The van der Waals surface area contributed by atoms with E-state index in [0.717, 1.165) is 18.4 Å². The third-order valence-corrected chi connectivity index (χ3v) is 3.03. The quantitative estimate of drug-likeness (QED) is 0.588. The van der Waals surface area contributed by atoms with E-state index < -0.39 is 5.60 Å². The number of carbonyl (C=O) groups is 1. The smallest absolute Gasteiger partial charge is 0.410 e. The normalized spacial score (nSPS) is 22.2. The number of amides is 1. The van der Waals surface area contributed by atoms with E-state index in [4.69, 9.17) is 4.74 Å². The highest BCUT2D eigenvalue weighted by molar-refractivity contribution is 5.70. The fourth-order valence-corrected chi connectivity index (χ4v) is 2.37. The maximum atomic E-state index is 11.6. The number of hydrogen-bond donors (Lipinski definition) is 0. The van der Waals surface area contributed by atoms with Crippen LogP contribution in [-0.4, -0.2) is 35.6 Å². The Kier molecular flexibility index (Phi) is 2.35. The maximum absolute atomic E-state index is 11.6. The molecule has 2 fully saturated rings. The molecule has 0 unspecified atom stereocenters. The van der Waals surface area contributed by atoms with E-state index in [1.165, 1.54) is 0 Å². The minimum Gasteiger partial charge on any atom is -0.444 e. The number of ether oxygens (including phenoxy) is 1. The van der Waals surface area contributed by atoms with Crippen molar-refractivity contribution in [2.45, 2.75) is 39.2 Å². The third kappa shape index (κ3) is 1.98. The van der Waals surface area contributed by atoms with Gasteiger partial charge in [-0.15, -0.1) is 0 Å². The van der Waals surface area contributed by atoms with Crippen molar-refractivity contribution >= 4 is 12.0 Å². The standard InChI is InChI=1S/C12H17NO3/c1-11(2,3)16-10(15)13-7-12(8-13)4-9(5-12)6-14/h4-5,7-8H2,1-3H3. The topological polar surface area (TPSA) is 46.6 Å². The Hall–Kier alpha value is -1.28. The molecule has 0 aromatic heterocycles. The molecular formula is C12H17NO3. The van der Waals surface area contributed by atoms with Crippen molar-refractivity contribution < 1.29 is 14.3 Å². The van der Waals surface area contributed by atoms with Crippen LogP contribution in [0.5, 0.6) is 0 Å². The molecule has 2 aliphatic rings. The number of hydrogen-bond acceptors (Lipinski definition) is 3. The zero-order valence-corrected chi connectivity index (χ0v) is 10.0. The van der Waals surface area contributed by atoms with Crippen LogP contribution < -0.4 is 0 Å². The van der Waals surface area contributed by atoms with Crippen molar-refractivity contribution in [3.63, 3.8) is 0 Å². The molecule has 0 aromatic carbocycles. The number of likely N-dealkylation sites (tertiary alicyclic amines) is 1. The van der Waals surface area contributed by atoms with Gasteiger partial charge in [-0.1, -0.05) is 0 Å². The maximum Gasteiger partial charge on any atom is 0.410 e. The molecule has 0 radical (unpaired) electrons. The summed E-state index contributed by atoms with van der Waals surface area (Å²) >= 11 is 0. The largest absolute Gasteiger partial charge is 0.444 e. The van der Waals surface area contributed by atoms with E-state index in [1.807, 2.05) is 26.7 Å². The molecule has 1 spiro atoms. The summed E-state index contributed by atoms with van der Waals surface area (Å²) in [6.07, 6.45) is 1.35. The molecule has 88 valence electrons. The predicted octanol–water partition coefficient (Wildman–Crippen LogP) is 1.78. The van der Waals surface area contributed by atoms with Crippen LogP contribution in [0, 0.1) is 5.41 Å². The minimum absolute atomic E-state index is 0.170. The van der Waals surface area contributed by atoms with Gasteiger partial charge in [-0.25, -0.2) is 9.59 Å². The number of allylic oxidation sites excluding steroid dienone is 1. The SMILES string of the molecule is CC(C)(C)OC(=O)N1CC2(CC(=C=O)C2)C1. The van der Waals surface area contributed by atoms with Crippen molar-refractivity contribution in [2.24, 2.45) is 5.41 Å². The van der Waals surface area contributed by atoms with Crippen LogP contribution >= 0.6 is 0 Å².